The lowest BCUT2D eigenvalue weighted by atomic mass is 9.79. The van der Waals surface area contributed by atoms with Crippen molar-refractivity contribution in [2.45, 2.75) is 45.6 Å². The molecule has 1 saturated heterocycles. The number of carbonyl (C=O) groups is 1. The fourth-order valence-electron chi connectivity index (χ4n) is 5.36. The summed E-state index contributed by atoms with van der Waals surface area (Å²) >= 11 is 0. The first-order valence-electron chi connectivity index (χ1n) is 12.2. The number of hydrogen-bond donors (Lipinski definition) is 2. The summed E-state index contributed by atoms with van der Waals surface area (Å²) in [6.07, 6.45) is 0.657. The van der Waals surface area contributed by atoms with Crippen LogP contribution in [0.4, 0.5) is 9.18 Å². The van der Waals surface area contributed by atoms with Crippen LogP contribution < -0.4 is 5.32 Å². The fourth-order valence-corrected chi connectivity index (χ4v) is 5.36. The Labute approximate surface area is 201 Å². The number of carboxylic acid groups (broad SMARTS) is 1. The van der Waals surface area contributed by atoms with Crippen molar-refractivity contribution in [1.29, 1.82) is 0 Å². The molecule has 0 radical (unpaired) electrons. The standard InChI is InChI=1S/C29H35FN2O2/c1-29(2,3)17-27(25-13-7-9-20-8-4-5-12-24(20)25)32(28(33)34)19-22-14-15-31-18-26(22)21-10-6-11-23(30)16-21/h4-13,16,22,26-27,31H,14-15,17-19H2,1-3H3,(H,33,34)/t22?,26?,27-/m1/s1. The molecule has 1 aliphatic rings. The first-order valence-corrected chi connectivity index (χ1v) is 12.2. The third kappa shape index (κ3) is 5.58. The van der Waals surface area contributed by atoms with Gasteiger partial charge >= 0.3 is 6.09 Å². The summed E-state index contributed by atoms with van der Waals surface area (Å²) in [6.45, 7) is 8.45. The molecule has 34 heavy (non-hydrogen) atoms. The van der Waals surface area contributed by atoms with Crippen LogP contribution in [0.3, 0.4) is 0 Å². The van der Waals surface area contributed by atoms with Crippen LogP contribution >= 0.6 is 0 Å². The molecule has 3 aromatic rings. The van der Waals surface area contributed by atoms with Gasteiger partial charge in [0.25, 0.3) is 0 Å². The number of piperidine rings is 1. The summed E-state index contributed by atoms with van der Waals surface area (Å²) in [4.78, 5) is 14.4. The van der Waals surface area contributed by atoms with E-state index in [4.69, 9.17) is 0 Å². The molecule has 0 aromatic heterocycles. The first kappa shape index (κ1) is 24.2. The van der Waals surface area contributed by atoms with E-state index in [1.807, 2.05) is 24.3 Å². The zero-order valence-corrected chi connectivity index (χ0v) is 20.3. The molecule has 1 amide bonds. The van der Waals surface area contributed by atoms with E-state index in [1.165, 1.54) is 6.07 Å². The summed E-state index contributed by atoms with van der Waals surface area (Å²) in [5, 5.41) is 16.1. The van der Waals surface area contributed by atoms with Gasteiger partial charge in [-0.2, -0.15) is 0 Å². The molecule has 0 spiro atoms. The van der Waals surface area contributed by atoms with Gasteiger partial charge in [0.2, 0.25) is 0 Å². The van der Waals surface area contributed by atoms with Crippen molar-refractivity contribution < 1.29 is 14.3 Å². The number of amides is 1. The Bertz CT molecular complexity index is 1130. The van der Waals surface area contributed by atoms with Gasteiger partial charge in [-0.3, -0.25) is 0 Å². The van der Waals surface area contributed by atoms with Crippen LogP contribution in [0.15, 0.2) is 66.7 Å². The normalized spacial score (nSPS) is 19.6. The number of nitrogens with one attached hydrogen (secondary N) is 1. The molecule has 0 bridgehead atoms. The Morgan fingerprint density at radius 1 is 1.12 bits per heavy atom. The van der Waals surface area contributed by atoms with Crippen LogP contribution in [-0.4, -0.2) is 35.7 Å². The highest BCUT2D eigenvalue weighted by molar-refractivity contribution is 5.86. The maximum atomic E-state index is 14.0. The predicted octanol–water partition coefficient (Wildman–Crippen LogP) is 6.83. The SMILES string of the molecule is CC(C)(C)C[C@H](c1cccc2ccccc12)N(CC1CCNCC1c1cccc(F)c1)C(=O)O. The highest BCUT2D eigenvalue weighted by atomic mass is 19.1. The molecule has 1 fully saturated rings. The summed E-state index contributed by atoms with van der Waals surface area (Å²) in [7, 11) is 0. The third-order valence-electron chi connectivity index (χ3n) is 6.94. The minimum Gasteiger partial charge on any atom is -0.465 e. The maximum Gasteiger partial charge on any atom is 0.407 e. The van der Waals surface area contributed by atoms with Crippen molar-refractivity contribution >= 4 is 16.9 Å². The van der Waals surface area contributed by atoms with E-state index >= 15 is 0 Å². The highest BCUT2D eigenvalue weighted by Crippen LogP contribution is 2.39. The van der Waals surface area contributed by atoms with Crippen molar-refractivity contribution in [3.05, 3.63) is 83.7 Å². The summed E-state index contributed by atoms with van der Waals surface area (Å²) < 4.78 is 14.0. The molecule has 3 aromatic carbocycles. The molecule has 1 heterocycles. The van der Waals surface area contributed by atoms with E-state index in [2.05, 4.69) is 50.4 Å². The van der Waals surface area contributed by atoms with Crippen molar-refractivity contribution in [3.8, 4) is 0 Å². The van der Waals surface area contributed by atoms with Crippen LogP contribution in [-0.2, 0) is 0 Å². The molecule has 4 rings (SSSR count). The number of benzene rings is 3. The lowest BCUT2D eigenvalue weighted by molar-refractivity contribution is 0.0903. The van der Waals surface area contributed by atoms with E-state index in [0.29, 0.717) is 13.0 Å². The first-order chi connectivity index (χ1) is 16.2. The summed E-state index contributed by atoms with van der Waals surface area (Å²) in [5.41, 5.74) is 1.91. The zero-order chi connectivity index (χ0) is 24.3. The Morgan fingerprint density at radius 2 is 1.85 bits per heavy atom. The molecular formula is C29H35FN2O2. The predicted molar refractivity (Wildman–Crippen MR) is 136 cm³/mol. The van der Waals surface area contributed by atoms with E-state index in [1.54, 1.807) is 17.0 Å². The molecule has 0 aliphatic carbocycles. The lowest BCUT2D eigenvalue weighted by Crippen LogP contribution is -2.44. The van der Waals surface area contributed by atoms with Crippen LogP contribution in [0.2, 0.25) is 0 Å². The quantitative estimate of drug-likeness (QED) is 0.422. The van der Waals surface area contributed by atoms with Gasteiger partial charge in [0.05, 0.1) is 6.04 Å². The second-order valence-electron chi connectivity index (χ2n) is 10.7. The van der Waals surface area contributed by atoms with E-state index in [9.17, 15) is 14.3 Å². The van der Waals surface area contributed by atoms with Gasteiger partial charge in [-0.25, -0.2) is 9.18 Å². The molecule has 4 nitrogen and oxygen atoms in total. The Hall–Kier alpha value is -2.92. The zero-order valence-electron chi connectivity index (χ0n) is 20.3. The van der Waals surface area contributed by atoms with Crippen LogP contribution in [0, 0.1) is 17.2 Å². The molecule has 0 saturated carbocycles. The van der Waals surface area contributed by atoms with Gasteiger partial charge in [0, 0.05) is 19.0 Å². The Kier molecular flexibility index (Phi) is 7.22. The average molecular weight is 463 g/mol. The summed E-state index contributed by atoms with van der Waals surface area (Å²) in [6, 6.07) is 20.8. The van der Waals surface area contributed by atoms with E-state index in [0.717, 1.165) is 41.4 Å². The number of rotatable bonds is 6. The van der Waals surface area contributed by atoms with Gasteiger partial charge in [-0.05, 0) is 64.8 Å². The van der Waals surface area contributed by atoms with Crippen molar-refractivity contribution in [2.75, 3.05) is 19.6 Å². The Morgan fingerprint density at radius 3 is 2.59 bits per heavy atom. The van der Waals surface area contributed by atoms with Gasteiger partial charge in [0.1, 0.15) is 5.82 Å². The lowest BCUT2D eigenvalue weighted by Gasteiger charge is -2.40. The minimum atomic E-state index is -0.904. The van der Waals surface area contributed by atoms with Gasteiger partial charge in [0.15, 0.2) is 0 Å². The smallest absolute Gasteiger partial charge is 0.407 e. The fraction of sp³-hybridized carbons (Fsp3) is 0.414. The second kappa shape index (κ2) is 10.1. The van der Waals surface area contributed by atoms with Crippen molar-refractivity contribution in [2.24, 2.45) is 11.3 Å². The number of nitrogens with zero attached hydrogens (tertiary/aromatic N) is 1. The van der Waals surface area contributed by atoms with E-state index in [-0.39, 0.29) is 29.1 Å². The molecule has 5 heteroatoms. The monoisotopic (exact) mass is 462 g/mol. The second-order valence-corrected chi connectivity index (χ2v) is 10.7. The Balaban J connectivity index is 1.73. The van der Waals surface area contributed by atoms with Crippen LogP contribution in [0.5, 0.6) is 0 Å². The van der Waals surface area contributed by atoms with E-state index < -0.39 is 6.09 Å². The van der Waals surface area contributed by atoms with Gasteiger partial charge in [-0.1, -0.05) is 75.4 Å². The minimum absolute atomic E-state index is 0.0640. The van der Waals surface area contributed by atoms with Crippen LogP contribution in [0.25, 0.3) is 10.8 Å². The molecular weight excluding hydrogens is 427 g/mol. The van der Waals surface area contributed by atoms with Crippen molar-refractivity contribution in [3.63, 3.8) is 0 Å². The largest absolute Gasteiger partial charge is 0.465 e. The third-order valence-corrected chi connectivity index (χ3v) is 6.94. The average Bonchev–Trinajstić information content (AvgIpc) is 2.80. The van der Waals surface area contributed by atoms with Gasteiger partial charge in [-0.15, -0.1) is 0 Å². The topological polar surface area (TPSA) is 52.6 Å². The van der Waals surface area contributed by atoms with Crippen LogP contribution in [0.1, 0.15) is 56.7 Å². The molecule has 2 N–H and O–H groups in total. The number of halogens is 1. The summed E-state index contributed by atoms with van der Waals surface area (Å²) in [5.74, 6) is -0.0797. The molecule has 1 aliphatic heterocycles. The number of fused-ring (bicyclic) bond motifs is 1. The highest BCUT2D eigenvalue weighted by Gasteiger charge is 2.35. The van der Waals surface area contributed by atoms with Crippen molar-refractivity contribution in [1.82, 2.24) is 10.2 Å². The molecule has 2 unspecified atom stereocenters. The maximum absolute atomic E-state index is 14.0. The molecule has 3 atom stereocenters. The van der Waals surface area contributed by atoms with Gasteiger partial charge < -0.3 is 15.3 Å². The number of hydrogen-bond acceptors (Lipinski definition) is 2. The molecule has 180 valence electrons.